The van der Waals surface area contributed by atoms with E-state index >= 15 is 0 Å². The monoisotopic (exact) mass is 586 g/mol. The second kappa shape index (κ2) is 12.5. The van der Waals surface area contributed by atoms with E-state index in [-0.39, 0.29) is 55.8 Å². The number of aromatic hydroxyl groups is 2. The van der Waals surface area contributed by atoms with E-state index in [2.05, 4.69) is 0 Å². The zero-order valence-electron chi connectivity index (χ0n) is 20.6. The molecule has 0 spiro atoms. The van der Waals surface area contributed by atoms with Crippen molar-refractivity contribution in [2.45, 2.75) is 19.6 Å². The molecule has 0 unspecified atom stereocenters. The normalized spacial score (nSPS) is 11.7. The van der Waals surface area contributed by atoms with Gasteiger partial charge in [0.25, 0.3) is 0 Å². The van der Waals surface area contributed by atoms with Crippen molar-refractivity contribution in [3.63, 3.8) is 0 Å². The van der Waals surface area contributed by atoms with Gasteiger partial charge in [0.2, 0.25) is 19.7 Å². The van der Waals surface area contributed by atoms with Crippen LogP contribution in [0.4, 0.5) is 0 Å². The quantitative estimate of drug-likeness (QED) is 0.222. The summed E-state index contributed by atoms with van der Waals surface area (Å²) < 4.78 is 63.7. The summed E-state index contributed by atoms with van der Waals surface area (Å²) in [7, 11) is -7.66. The van der Waals surface area contributed by atoms with Gasteiger partial charge in [0, 0.05) is 11.5 Å². The highest BCUT2D eigenvalue weighted by Crippen LogP contribution is 2.31. The van der Waals surface area contributed by atoms with Crippen molar-refractivity contribution in [1.82, 2.24) is 0 Å². The molecule has 0 bridgehead atoms. The highest BCUT2D eigenvalue weighted by atomic mass is 32.2. The summed E-state index contributed by atoms with van der Waals surface area (Å²) in [5, 5.41) is 18.9. The Morgan fingerprint density at radius 3 is 1.28 bits per heavy atom. The van der Waals surface area contributed by atoms with Crippen LogP contribution in [-0.4, -0.2) is 51.8 Å². The first-order valence-electron chi connectivity index (χ1n) is 11.8. The number of ether oxygens (including phenoxy) is 2. The van der Waals surface area contributed by atoms with Crippen LogP contribution in [0.2, 0.25) is 0 Å². The van der Waals surface area contributed by atoms with E-state index in [9.17, 15) is 27.0 Å². The molecule has 0 aromatic heterocycles. The molecule has 0 amide bonds. The molecule has 0 heterocycles. The lowest BCUT2D eigenvalue weighted by molar-refractivity contribution is 0.330. The first-order chi connectivity index (χ1) is 18.7. The summed E-state index contributed by atoms with van der Waals surface area (Å²) >= 11 is 1.51. The molecule has 8 nitrogen and oxygen atoms in total. The number of phenols is 2. The molecule has 0 aliphatic rings. The van der Waals surface area contributed by atoms with Gasteiger partial charge in [0.05, 0.1) is 23.0 Å². The molecule has 0 saturated heterocycles. The predicted molar refractivity (Wildman–Crippen MR) is 148 cm³/mol. The van der Waals surface area contributed by atoms with Crippen molar-refractivity contribution in [3.05, 3.63) is 97.1 Å². The van der Waals surface area contributed by atoms with Gasteiger partial charge in [0.15, 0.2) is 0 Å². The molecular formula is C28H26O8S3. The summed E-state index contributed by atoms with van der Waals surface area (Å²) in [5.74, 6) is 1.50. The molecule has 0 atom stereocenters. The Hall–Kier alpha value is -3.67. The molecular weight excluding hydrogens is 561 g/mol. The van der Waals surface area contributed by atoms with Crippen LogP contribution in [0.5, 0.6) is 23.0 Å². The van der Waals surface area contributed by atoms with Gasteiger partial charge in [-0.3, -0.25) is 0 Å². The number of para-hydroxylation sites is 2. The number of phenolic OH excluding ortho intramolecular Hbond substituents is 2. The van der Waals surface area contributed by atoms with E-state index in [1.165, 1.54) is 72.4 Å². The first-order valence-corrected chi connectivity index (χ1v) is 15.9. The van der Waals surface area contributed by atoms with Crippen molar-refractivity contribution in [3.8, 4) is 23.0 Å². The minimum atomic E-state index is -3.83. The molecule has 0 saturated carbocycles. The summed E-state index contributed by atoms with van der Waals surface area (Å²) in [6.07, 6.45) is 0. The lowest BCUT2D eigenvalue weighted by Crippen LogP contribution is -2.09. The van der Waals surface area contributed by atoms with Crippen LogP contribution in [-0.2, 0) is 19.7 Å². The Balaban J connectivity index is 1.30. The molecule has 11 heteroatoms. The Bertz CT molecular complexity index is 1490. The fourth-order valence-electron chi connectivity index (χ4n) is 3.61. The third kappa shape index (κ3) is 6.86. The second-order valence-electron chi connectivity index (χ2n) is 8.20. The molecule has 0 radical (unpaired) electrons. The summed E-state index contributed by atoms with van der Waals surface area (Å²) in [5.41, 5.74) is 0. The predicted octanol–water partition coefficient (Wildman–Crippen LogP) is 4.95. The second-order valence-corrected chi connectivity index (χ2v) is 13.3. The Labute approximate surface area is 231 Å². The average molecular weight is 587 g/mol. The van der Waals surface area contributed by atoms with Crippen LogP contribution in [0, 0.1) is 0 Å². The number of hydrogen-bond donors (Lipinski definition) is 2. The average Bonchev–Trinajstić information content (AvgIpc) is 2.93. The lowest BCUT2D eigenvalue weighted by Gasteiger charge is -2.13. The van der Waals surface area contributed by atoms with E-state index in [1.54, 1.807) is 36.4 Å². The molecule has 2 N–H and O–H groups in total. The first kappa shape index (κ1) is 28.3. The number of benzene rings is 4. The molecule has 204 valence electrons. The number of hydrogen-bond acceptors (Lipinski definition) is 9. The molecule has 4 rings (SSSR count). The number of thioether (sulfide) groups is 1. The van der Waals surface area contributed by atoms with Crippen LogP contribution in [0.15, 0.2) is 117 Å². The molecule has 0 aliphatic heterocycles. The van der Waals surface area contributed by atoms with Gasteiger partial charge in [-0.05, 0) is 72.8 Å². The minimum absolute atomic E-state index is 0.0260. The van der Waals surface area contributed by atoms with Crippen LogP contribution in [0.25, 0.3) is 0 Å². The molecule has 0 aliphatic carbocycles. The highest BCUT2D eigenvalue weighted by Gasteiger charge is 2.23. The molecule has 39 heavy (non-hydrogen) atoms. The molecule has 4 aromatic carbocycles. The SMILES string of the molecule is O=S(=O)(c1ccc(O)cc1)c1ccccc1OCCSCCOc1ccccc1S(=O)(=O)c1ccc(O)cc1. The Kier molecular flexibility index (Phi) is 9.05. The smallest absolute Gasteiger partial charge is 0.210 e. The van der Waals surface area contributed by atoms with Crippen molar-refractivity contribution < 1.29 is 36.5 Å². The van der Waals surface area contributed by atoms with E-state index in [0.717, 1.165) is 0 Å². The van der Waals surface area contributed by atoms with Gasteiger partial charge in [-0.15, -0.1) is 0 Å². The zero-order valence-corrected chi connectivity index (χ0v) is 23.1. The number of rotatable bonds is 12. The fourth-order valence-corrected chi connectivity index (χ4v) is 7.01. The largest absolute Gasteiger partial charge is 0.508 e. The van der Waals surface area contributed by atoms with Crippen LogP contribution in [0.3, 0.4) is 0 Å². The van der Waals surface area contributed by atoms with Gasteiger partial charge >= 0.3 is 0 Å². The zero-order chi connectivity index (χ0) is 27.9. The van der Waals surface area contributed by atoms with E-state index in [0.29, 0.717) is 11.5 Å². The minimum Gasteiger partial charge on any atom is -0.508 e. The van der Waals surface area contributed by atoms with Crippen molar-refractivity contribution in [2.75, 3.05) is 24.7 Å². The van der Waals surface area contributed by atoms with Crippen molar-refractivity contribution >= 4 is 31.4 Å². The summed E-state index contributed by atoms with van der Waals surface area (Å²) in [4.78, 5) is 0.178. The van der Waals surface area contributed by atoms with E-state index in [1.807, 2.05) is 0 Å². The molecule has 0 fully saturated rings. The topological polar surface area (TPSA) is 127 Å². The standard InChI is InChI=1S/C28H26O8S3/c29-21-9-13-23(14-10-21)38(31,32)27-7-3-1-5-25(27)35-17-19-37-20-18-36-26-6-2-4-8-28(26)39(33,34)24-15-11-22(30)12-16-24/h1-16,29-30H,17-20H2. The summed E-state index contributed by atoms with van der Waals surface area (Å²) in [6.45, 7) is 0.497. The lowest BCUT2D eigenvalue weighted by atomic mass is 10.3. The van der Waals surface area contributed by atoms with Crippen LogP contribution >= 0.6 is 11.8 Å². The Morgan fingerprint density at radius 2 is 0.897 bits per heavy atom. The third-order valence-corrected chi connectivity index (χ3v) is 10.1. The molecule has 4 aromatic rings. The van der Waals surface area contributed by atoms with Gasteiger partial charge in [-0.25, -0.2) is 16.8 Å². The fraction of sp³-hybridized carbons (Fsp3) is 0.143. The maximum Gasteiger partial charge on any atom is 0.210 e. The highest BCUT2D eigenvalue weighted by molar-refractivity contribution is 7.99. The van der Waals surface area contributed by atoms with E-state index in [4.69, 9.17) is 9.47 Å². The maximum atomic E-state index is 13.0. The third-order valence-electron chi connectivity index (χ3n) is 5.54. The van der Waals surface area contributed by atoms with Crippen molar-refractivity contribution in [1.29, 1.82) is 0 Å². The van der Waals surface area contributed by atoms with Gasteiger partial charge in [0.1, 0.15) is 32.8 Å². The number of sulfone groups is 2. The Morgan fingerprint density at radius 1 is 0.538 bits per heavy atom. The van der Waals surface area contributed by atoms with Gasteiger partial charge < -0.3 is 19.7 Å². The maximum absolute atomic E-state index is 13.0. The van der Waals surface area contributed by atoms with Crippen LogP contribution in [0.1, 0.15) is 0 Å². The summed E-state index contributed by atoms with van der Waals surface area (Å²) in [6, 6.07) is 23.4. The van der Waals surface area contributed by atoms with Gasteiger partial charge in [-0.2, -0.15) is 11.8 Å². The van der Waals surface area contributed by atoms with Gasteiger partial charge in [-0.1, -0.05) is 24.3 Å². The van der Waals surface area contributed by atoms with Crippen molar-refractivity contribution in [2.24, 2.45) is 0 Å². The van der Waals surface area contributed by atoms with E-state index < -0.39 is 19.7 Å². The van der Waals surface area contributed by atoms with Crippen LogP contribution < -0.4 is 9.47 Å².